The quantitative estimate of drug-likeness (QED) is 0.476. The number of benzene rings is 1. The first-order chi connectivity index (χ1) is 16.2. The number of hydrogen-bond donors (Lipinski definition) is 3. The molecule has 0 radical (unpaired) electrons. The lowest BCUT2D eigenvalue weighted by Crippen LogP contribution is -2.43. The number of imidazole rings is 1. The molecule has 5 rings (SSSR count). The van der Waals surface area contributed by atoms with Gasteiger partial charge >= 0.3 is 0 Å². The number of unbranched alkanes of at least 4 members (excludes halogenated alkanes) is 1. The molecule has 0 bridgehead atoms. The third-order valence-electron chi connectivity index (χ3n) is 6.92. The van der Waals surface area contributed by atoms with E-state index in [1.165, 1.54) is 5.69 Å². The van der Waals surface area contributed by atoms with Crippen molar-refractivity contribution in [1.29, 1.82) is 0 Å². The summed E-state index contributed by atoms with van der Waals surface area (Å²) in [5.74, 6) is 1.93. The minimum absolute atomic E-state index is 0.189. The second kappa shape index (κ2) is 10.1. The Labute approximate surface area is 195 Å². The lowest BCUT2D eigenvalue weighted by molar-refractivity contribution is 0.121. The number of nitrogens with one attached hydrogen (secondary N) is 2. The molecular formula is C25H35N7O. The number of rotatable bonds is 7. The van der Waals surface area contributed by atoms with Crippen molar-refractivity contribution < 1.29 is 5.11 Å². The van der Waals surface area contributed by atoms with Crippen molar-refractivity contribution in [3.63, 3.8) is 0 Å². The summed E-state index contributed by atoms with van der Waals surface area (Å²) in [5, 5.41) is 21.6. The van der Waals surface area contributed by atoms with E-state index in [0.29, 0.717) is 11.9 Å². The third kappa shape index (κ3) is 4.82. The Hall–Kier alpha value is -2.71. The lowest BCUT2D eigenvalue weighted by Gasteiger charge is -2.29. The SMILES string of the molecule is CCCCNc1ncc2c(-c3ccc(N4CCNCC4)cc3)nc(C3CCC(O)CC3)n2n1. The molecule has 3 aromatic rings. The van der Waals surface area contributed by atoms with Crippen LogP contribution in [-0.2, 0) is 0 Å². The van der Waals surface area contributed by atoms with Crippen LogP contribution in [0.3, 0.4) is 0 Å². The zero-order valence-electron chi connectivity index (χ0n) is 19.5. The van der Waals surface area contributed by atoms with Crippen molar-refractivity contribution in [2.24, 2.45) is 0 Å². The zero-order chi connectivity index (χ0) is 22.6. The zero-order valence-corrected chi connectivity index (χ0v) is 19.5. The molecule has 8 nitrogen and oxygen atoms in total. The molecule has 1 saturated carbocycles. The third-order valence-corrected chi connectivity index (χ3v) is 6.92. The molecule has 1 saturated heterocycles. The maximum atomic E-state index is 10.00. The average Bonchev–Trinajstić information content (AvgIpc) is 3.24. The second-order valence-corrected chi connectivity index (χ2v) is 9.27. The van der Waals surface area contributed by atoms with E-state index in [2.05, 4.69) is 51.7 Å². The highest BCUT2D eigenvalue weighted by Crippen LogP contribution is 2.35. The van der Waals surface area contributed by atoms with Crippen LogP contribution in [0.1, 0.15) is 57.2 Å². The standard InChI is InChI=1S/C25H35N7O/c1-2-3-12-27-25-28-17-22-23(18-4-8-20(9-5-18)31-15-13-26-14-16-31)29-24(32(22)30-25)19-6-10-21(33)11-7-19/h4-5,8-9,17,19,21,26,33H,2-3,6-7,10-16H2,1H3,(H,27,30). The molecule has 1 aliphatic heterocycles. The summed E-state index contributed by atoms with van der Waals surface area (Å²) in [5.41, 5.74) is 4.21. The molecule has 33 heavy (non-hydrogen) atoms. The summed E-state index contributed by atoms with van der Waals surface area (Å²) in [6.07, 6.45) is 7.43. The predicted molar refractivity (Wildman–Crippen MR) is 132 cm³/mol. The number of aliphatic hydroxyl groups excluding tert-OH is 1. The molecule has 176 valence electrons. The molecule has 0 atom stereocenters. The lowest BCUT2D eigenvalue weighted by atomic mass is 9.87. The van der Waals surface area contributed by atoms with Crippen LogP contribution >= 0.6 is 0 Å². The number of hydrogen-bond acceptors (Lipinski definition) is 7. The summed E-state index contributed by atoms with van der Waals surface area (Å²) in [6, 6.07) is 8.73. The second-order valence-electron chi connectivity index (χ2n) is 9.27. The van der Waals surface area contributed by atoms with Crippen LogP contribution in [-0.4, -0.2) is 63.5 Å². The maximum Gasteiger partial charge on any atom is 0.241 e. The Balaban J connectivity index is 1.48. The molecule has 2 fully saturated rings. The topological polar surface area (TPSA) is 90.6 Å². The van der Waals surface area contributed by atoms with Crippen molar-refractivity contribution in [2.45, 2.75) is 57.5 Å². The highest BCUT2D eigenvalue weighted by atomic mass is 16.3. The van der Waals surface area contributed by atoms with E-state index in [0.717, 1.165) is 93.8 Å². The Morgan fingerprint density at radius 2 is 1.85 bits per heavy atom. The van der Waals surface area contributed by atoms with Crippen LogP contribution < -0.4 is 15.5 Å². The molecule has 8 heteroatoms. The van der Waals surface area contributed by atoms with Gasteiger partial charge in [0.2, 0.25) is 5.95 Å². The van der Waals surface area contributed by atoms with Gasteiger partial charge in [-0.05, 0) is 44.2 Å². The summed E-state index contributed by atoms with van der Waals surface area (Å²) in [4.78, 5) is 12.1. The monoisotopic (exact) mass is 449 g/mol. The molecule has 0 unspecified atom stereocenters. The number of fused-ring (bicyclic) bond motifs is 1. The minimum Gasteiger partial charge on any atom is -0.393 e. The fourth-order valence-corrected chi connectivity index (χ4v) is 4.93. The van der Waals surface area contributed by atoms with E-state index in [1.807, 2.05) is 10.7 Å². The van der Waals surface area contributed by atoms with Crippen molar-refractivity contribution in [3.05, 3.63) is 36.3 Å². The van der Waals surface area contributed by atoms with Gasteiger partial charge in [-0.25, -0.2) is 14.5 Å². The minimum atomic E-state index is -0.189. The largest absolute Gasteiger partial charge is 0.393 e. The van der Waals surface area contributed by atoms with Crippen LogP contribution in [0.2, 0.25) is 0 Å². The van der Waals surface area contributed by atoms with E-state index in [9.17, 15) is 5.11 Å². The fraction of sp³-hybridized carbons (Fsp3) is 0.560. The Bertz CT molecular complexity index is 1050. The van der Waals surface area contributed by atoms with Gasteiger partial charge in [0.15, 0.2) is 0 Å². The van der Waals surface area contributed by atoms with Crippen LogP contribution in [0.5, 0.6) is 0 Å². The van der Waals surface area contributed by atoms with Gasteiger partial charge in [0.25, 0.3) is 0 Å². The molecule has 2 aliphatic rings. The van der Waals surface area contributed by atoms with Crippen molar-refractivity contribution in [3.8, 4) is 11.3 Å². The first kappa shape index (κ1) is 22.1. The number of nitrogens with zero attached hydrogens (tertiary/aromatic N) is 5. The molecule has 3 N–H and O–H groups in total. The summed E-state index contributed by atoms with van der Waals surface area (Å²) < 4.78 is 1.99. The number of aromatic nitrogens is 4. The summed E-state index contributed by atoms with van der Waals surface area (Å²) >= 11 is 0. The van der Waals surface area contributed by atoms with Crippen molar-refractivity contribution in [1.82, 2.24) is 24.9 Å². The molecule has 0 spiro atoms. The van der Waals surface area contributed by atoms with Crippen LogP contribution in [0, 0.1) is 0 Å². The Kier molecular flexibility index (Phi) is 6.73. The Morgan fingerprint density at radius 3 is 2.58 bits per heavy atom. The van der Waals surface area contributed by atoms with E-state index in [4.69, 9.17) is 10.1 Å². The normalized spacial score (nSPS) is 21.5. The maximum absolute atomic E-state index is 10.00. The van der Waals surface area contributed by atoms with E-state index in [-0.39, 0.29) is 6.10 Å². The highest BCUT2D eigenvalue weighted by Gasteiger charge is 2.27. The molecule has 1 aliphatic carbocycles. The van der Waals surface area contributed by atoms with Gasteiger partial charge in [0.05, 0.1) is 18.0 Å². The molecule has 3 heterocycles. The molecule has 0 amide bonds. The number of anilines is 2. The van der Waals surface area contributed by atoms with E-state index in [1.54, 1.807) is 0 Å². The first-order valence-electron chi connectivity index (χ1n) is 12.5. The van der Waals surface area contributed by atoms with Gasteiger partial charge in [-0.1, -0.05) is 25.5 Å². The summed E-state index contributed by atoms with van der Waals surface area (Å²) in [7, 11) is 0. The van der Waals surface area contributed by atoms with Crippen LogP contribution in [0.25, 0.3) is 16.8 Å². The molecule has 2 aromatic heterocycles. The molecule has 1 aromatic carbocycles. The van der Waals surface area contributed by atoms with E-state index < -0.39 is 0 Å². The van der Waals surface area contributed by atoms with Gasteiger partial charge in [-0.2, -0.15) is 0 Å². The smallest absolute Gasteiger partial charge is 0.241 e. The van der Waals surface area contributed by atoms with Gasteiger partial charge in [0.1, 0.15) is 11.3 Å². The van der Waals surface area contributed by atoms with Gasteiger partial charge < -0.3 is 20.6 Å². The van der Waals surface area contributed by atoms with Gasteiger partial charge in [0, 0.05) is 49.9 Å². The fourth-order valence-electron chi connectivity index (χ4n) is 4.93. The predicted octanol–water partition coefficient (Wildman–Crippen LogP) is 3.43. The highest BCUT2D eigenvalue weighted by molar-refractivity contribution is 5.78. The van der Waals surface area contributed by atoms with Gasteiger partial charge in [-0.3, -0.25) is 0 Å². The Morgan fingerprint density at radius 1 is 1.09 bits per heavy atom. The van der Waals surface area contributed by atoms with E-state index >= 15 is 0 Å². The number of piperazine rings is 1. The summed E-state index contributed by atoms with van der Waals surface area (Å²) in [6.45, 7) is 7.16. The first-order valence-corrected chi connectivity index (χ1v) is 12.5. The number of aliphatic hydroxyl groups is 1. The molecular weight excluding hydrogens is 414 g/mol. The van der Waals surface area contributed by atoms with Crippen LogP contribution in [0.4, 0.5) is 11.6 Å². The van der Waals surface area contributed by atoms with Crippen molar-refractivity contribution >= 4 is 17.2 Å². The van der Waals surface area contributed by atoms with Crippen molar-refractivity contribution in [2.75, 3.05) is 42.9 Å². The van der Waals surface area contributed by atoms with Gasteiger partial charge in [-0.15, -0.1) is 5.10 Å². The van der Waals surface area contributed by atoms with Crippen LogP contribution in [0.15, 0.2) is 30.5 Å². The average molecular weight is 450 g/mol.